The molecule has 2 rings (SSSR count). The van der Waals surface area contributed by atoms with Gasteiger partial charge in [-0.2, -0.15) is 0 Å². The number of aliphatic hydroxyl groups excluding tert-OH is 1. The molecule has 112 valence electrons. The third-order valence-corrected chi connectivity index (χ3v) is 3.40. The van der Waals surface area contributed by atoms with E-state index in [4.69, 9.17) is 4.74 Å². The van der Waals surface area contributed by atoms with E-state index in [9.17, 15) is 5.11 Å². The van der Waals surface area contributed by atoms with Crippen LogP contribution in [0.25, 0.3) is 0 Å². The number of ether oxygens (including phenoxy) is 1. The highest BCUT2D eigenvalue weighted by Crippen LogP contribution is 2.30. The Balaban J connectivity index is 2.24. The highest BCUT2D eigenvalue weighted by Gasteiger charge is 2.15. The highest BCUT2D eigenvalue weighted by molar-refractivity contribution is 5.48. The molecule has 0 aliphatic heterocycles. The van der Waals surface area contributed by atoms with Crippen LogP contribution in [-0.4, -0.2) is 25.8 Å². The van der Waals surface area contributed by atoms with Crippen LogP contribution in [0, 0.1) is 0 Å². The van der Waals surface area contributed by atoms with E-state index in [2.05, 4.69) is 6.92 Å². The number of benzene rings is 2. The predicted molar refractivity (Wildman–Crippen MR) is 87.1 cm³/mol. The summed E-state index contributed by atoms with van der Waals surface area (Å²) in [6, 6.07) is 15.6. The second-order valence-electron chi connectivity index (χ2n) is 5.27. The van der Waals surface area contributed by atoms with Crippen LogP contribution in [-0.2, 0) is 0 Å². The molecule has 0 aliphatic carbocycles. The molecule has 1 N–H and O–H groups in total. The van der Waals surface area contributed by atoms with Crippen LogP contribution in [0.15, 0.2) is 48.5 Å². The van der Waals surface area contributed by atoms with Gasteiger partial charge in [-0.1, -0.05) is 37.3 Å². The molecule has 21 heavy (non-hydrogen) atoms. The molecule has 2 aromatic rings. The van der Waals surface area contributed by atoms with Gasteiger partial charge in [0.25, 0.3) is 0 Å². The Morgan fingerprint density at radius 1 is 1.05 bits per heavy atom. The summed E-state index contributed by atoms with van der Waals surface area (Å²) in [5.41, 5.74) is 2.79. The zero-order valence-electron chi connectivity index (χ0n) is 12.9. The summed E-state index contributed by atoms with van der Waals surface area (Å²) in [7, 11) is 4.00. The minimum Gasteiger partial charge on any atom is -0.493 e. The molecule has 1 unspecified atom stereocenters. The van der Waals surface area contributed by atoms with Crippen molar-refractivity contribution in [2.45, 2.75) is 19.4 Å². The summed E-state index contributed by atoms with van der Waals surface area (Å²) in [6.45, 7) is 2.72. The number of anilines is 1. The van der Waals surface area contributed by atoms with Crippen molar-refractivity contribution in [1.82, 2.24) is 0 Å². The topological polar surface area (TPSA) is 32.7 Å². The summed E-state index contributed by atoms with van der Waals surface area (Å²) in [5, 5.41) is 10.6. The van der Waals surface area contributed by atoms with Gasteiger partial charge >= 0.3 is 0 Å². The van der Waals surface area contributed by atoms with Crippen LogP contribution >= 0.6 is 0 Å². The van der Waals surface area contributed by atoms with Crippen molar-refractivity contribution < 1.29 is 9.84 Å². The first-order valence-corrected chi connectivity index (χ1v) is 7.30. The molecule has 0 saturated heterocycles. The van der Waals surface area contributed by atoms with Gasteiger partial charge in [0.2, 0.25) is 0 Å². The molecule has 2 aromatic carbocycles. The summed E-state index contributed by atoms with van der Waals surface area (Å²) < 4.78 is 5.72. The van der Waals surface area contributed by atoms with Crippen molar-refractivity contribution in [3.63, 3.8) is 0 Å². The van der Waals surface area contributed by atoms with Crippen molar-refractivity contribution in [3.05, 3.63) is 59.7 Å². The van der Waals surface area contributed by atoms with Crippen molar-refractivity contribution >= 4 is 5.69 Å². The highest BCUT2D eigenvalue weighted by atomic mass is 16.5. The maximum atomic E-state index is 10.6. The van der Waals surface area contributed by atoms with Gasteiger partial charge in [-0.25, -0.2) is 0 Å². The monoisotopic (exact) mass is 285 g/mol. The van der Waals surface area contributed by atoms with Gasteiger partial charge in [-0.3, -0.25) is 0 Å². The first kappa shape index (κ1) is 15.4. The molecule has 0 fully saturated rings. The zero-order valence-corrected chi connectivity index (χ0v) is 12.9. The summed E-state index contributed by atoms with van der Waals surface area (Å²) in [4.78, 5) is 2.04. The lowest BCUT2D eigenvalue weighted by atomic mass is 10.0. The van der Waals surface area contributed by atoms with E-state index >= 15 is 0 Å². The molecular weight excluding hydrogens is 262 g/mol. The lowest BCUT2D eigenvalue weighted by Crippen LogP contribution is -2.09. The molecule has 0 heterocycles. The van der Waals surface area contributed by atoms with Gasteiger partial charge < -0.3 is 14.7 Å². The molecule has 0 radical (unpaired) electrons. The molecule has 0 aliphatic rings. The van der Waals surface area contributed by atoms with Gasteiger partial charge in [0.1, 0.15) is 11.9 Å². The smallest absolute Gasteiger partial charge is 0.125 e. The molecule has 0 aromatic heterocycles. The van der Waals surface area contributed by atoms with Crippen LogP contribution in [0.5, 0.6) is 5.75 Å². The second-order valence-corrected chi connectivity index (χ2v) is 5.27. The Hall–Kier alpha value is -2.00. The van der Waals surface area contributed by atoms with Crippen LogP contribution in [0.2, 0.25) is 0 Å². The summed E-state index contributed by atoms with van der Waals surface area (Å²) in [6.07, 6.45) is 0.274. The average molecular weight is 285 g/mol. The van der Waals surface area contributed by atoms with Gasteiger partial charge in [-0.05, 0) is 30.2 Å². The van der Waals surface area contributed by atoms with E-state index in [1.165, 1.54) is 0 Å². The quantitative estimate of drug-likeness (QED) is 0.880. The minimum absolute atomic E-state index is 0.656. The first-order valence-electron chi connectivity index (χ1n) is 7.30. The van der Waals surface area contributed by atoms with Gasteiger partial charge in [0.05, 0.1) is 6.61 Å². The Bertz CT molecular complexity index is 564. The van der Waals surface area contributed by atoms with E-state index in [-0.39, 0.29) is 0 Å². The lowest BCUT2D eigenvalue weighted by Gasteiger charge is -2.18. The molecular formula is C18H23NO2. The fraction of sp³-hybridized carbons (Fsp3) is 0.333. The van der Waals surface area contributed by atoms with Crippen LogP contribution < -0.4 is 9.64 Å². The second kappa shape index (κ2) is 7.14. The maximum absolute atomic E-state index is 10.6. The average Bonchev–Trinajstić information content (AvgIpc) is 2.52. The number of nitrogens with zero attached hydrogens (tertiary/aromatic N) is 1. The van der Waals surface area contributed by atoms with Crippen molar-refractivity contribution in [2.24, 2.45) is 0 Å². The number of para-hydroxylation sites is 1. The number of hydrogen-bond acceptors (Lipinski definition) is 3. The third-order valence-electron chi connectivity index (χ3n) is 3.40. The number of rotatable bonds is 6. The van der Waals surface area contributed by atoms with Crippen molar-refractivity contribution in [2.75, 3.05) is 25.6 Å². The maximum Gasteiger partial charge on any atom is 0.125 e. The Labute approximate surface area is 126 Å². The number of aliphatic hydroxyl groups is 1. The van der Waals surface area contributed by atoms with E-state index < -0.39 is 6.10 Å². The Morgan fingerprint density at radius 3 is 2.33 bits per heavy atom. The normalized spacial score (nSPS) is 12.0. The SMILES string of the molecule is CCCOc1ccccc1C(O)c1ccc(N(C)C)cc1. The van der Waals surface area contributed by atoms with Crippen LogP contribution in [0.3, 0.4) is 0 Å². The van der Waals surface area contributed by atoms with E-state index in [0.29, 0.717) is 6.61 Å². The lowest BCUT2D eigenvalue weighted by molar-refractivity contribution is 0.210. The molecule has 3 nitrogen and oxygen atoms in total. The Kier molecular flexibility index (Phi) is 5.23. The zero-order chi connectivity index (χ0) is 15.2. The fourth-order valence-electron chi connectivity index (χ4n) is 2.18. The fourth-order valence-corrected chi connectivity index (χ4v) is 2.18. The van der Waals surface area contributed by atoms with Gasteiger partial charge in [-0.15, -0.1) is 0 Å². The van der Waals surface area contributed by atoms with Gasteiger partial charge in [0, 0.05) is 25.3 Å². The van der Waals surface area contributed by atoms with Crippen molar-refractivity contribution in [1.29, 1.82) is 0 Å². The molecule has 0 saturated carbocycles. The van der Waals surface area contributed by atoms with E-state index in [0.717, 1.165) is 29.0 Å². The largest absolute Gasteiger partial charge is 0.493 e. The van der Waals surface area contributed by atoms with Crippen LogP contribution in [0.4, 0.5) is 5.69 Å². The predicted octanol–water partition coefficient (Wildman–Crippen LogP) is 3.62. The minimum atomic E-state index is -0.672. The van der Waals surface area contributed by atoms with Crippen molar-refractivity contribution in [3.8, 4) is 5.75 Å². The van der Waals surface area contributed by atoms with E-state index in [1.54, 1.807) is 0 Å². The molecule has 0 bridgehead atoms. The first-order chi connectivity index (χ1) is 10.1. The summed E-state index contributed by atoms with van der Waals surface area (Å²) in [5.74, 6) is 0.753. The Morgan fingerprint density at radius 2 is 1.71 bits per heavy atom. The van der Waals surface area contributed by atoms with Crippen LogP contribution in [0.1, 0.15) is 30.6 Å². The number of hydrogen-bond donors (Lipinski definition) is 1. The molecule has 0 amide bonds. The standard InChI is InChI=1S/C18H23NO2/c1-4-13-21-17-8-6-5-7-16(17)18(20)14-9-11-15(12-10-14)19(2)3/h5-12,18,20H,4,13H2,1-3H3. The molecule has 1 atom stereocenters. The summed E-state index contributed by atoms with van der Waals surface area (Å²) >= 11 is 0. The van der Waals surface area contributed by atoms with E-state index in [1.807, 2.05) is 67.5 Å². The van der Waals surface area contributed by atoms with Gasteiger partial charge in [0.15, 0.2) is 0 Å². The molecule has 3 heteroatoms. The third kappa shape index (κ3) is 3.76. The molecule has 0 spiro atoms.